The summed E-state index contributed by atoms with van der Waals surface area (Å²) in [6.07, 6.45) is 0.0884. The Morgan fingerprint density at radius 1 is 0.550 bits per heavy atom. The van der Waals surface area contributed by atoms with Gasteiger partial charge in [-0.05, 0) is 27.8 Å². The Morgan fingerprint density at radius 3 is 1.20 bits per heavy atom. The molecule has 4 heteroatoms. The van der Waals surface area contributed by atoms with Crippen molar-refractivity contribution in [3.05, 3.63) is 179 Å². The van der Waals surface area contributed by atoms with Crippen LogP contribution in [-0.2, 0) is 15.0 Å². The van der Waals surface area contributed by atoms with Gasteiger partial charge in [-0.25, -0.2) is 0 Å². The second-order valence-corrected chi connectivity index (χ2v) is 9.93. The summed E-state index contributed by atoms with van der Waals surface area (Å²) in [5.74, 6) is -1.29. The molecule has 5 aromatic carbocycles. The predicted octanol–water partition coefficient (Wildman–Crippen LogP) is 6.21. The molecule has 0 radical (unpaired) electrons. The number of amides is 2. The zero-order valence-corrected chi connectivity index (χ0v) is 22.2. The van der Waals surface area contributed by atoms with Gasteiger partial charge in [-0.3, -0.25) is 9.59 Å². The fourth-order valence-corrected chi connectivity index (χ4v) is 5.66. The number of carbonyl (C=O) groups is 2. The van der Waals surface area contributed by atoms with Crippen molar-refractivity contribution in [2.45, 2.75) is 23.8 Å². The molecule has 0 aliphatic rings. The zero-order valence-electron chi connectivity index (χ0n) is 22.2. The van der Waals surface area contributed by atoms with E-state index in [-0.39, 0.29) is 12.3 Å². The van der Waals surface area contributed by atoms with Crippen molar-refractivity contribution in [1.82, 2.24) is 5.32 Å². The third kappa shape index (κ3) is 5.57. The molecule has 2 amide bonds. The second kappa shape index (κ2) is 12.3. The fraction of sp³-hybridized carbons (Fsp3) is 0.111. The molecular weight excluding hydrogens is 492 g/mol. The Labute approximate surface area is 235 Å². The highest BCUT2D eigenvalue weighted by molar-refractivity contribution is 5.89. The maximum atomic E-state index is 14.1. The first-order chi connectivity index (χ1) is 19.6. The summed E-state index contributed by atoms with van der Waals surface area (Å²) in [6, 6.07) is 48.6. The SMILES string of the molecule is NC(=O)[C@H](NC(=O)CC(c1ccccc1)(c1ccccc1)c1ccccc1)C(c1ccccc1)c1ccccc1. The van der Waals surface area contributed by atoms with E-state index >= 15 is 0 Å². The Hall–Kier alpha value is -4.96. The first kappa shape index (κ1) is 26.6. The molecule has 3 N–H and O–H groups in total. The van der Waals surface area contributed by atoms with Gasteiger partial charge in [-0.1, -0.05) is 152 Å². The molecule has 0 heterocycles. The lowest BCUT2D eigenvalue weighted by Crippen LogP contribution is -2.50. The number of primary amides is 1. The lowest BCUT2D eigenvalue weighted by Gasteiger charge is -2.36. The summed E-state index contributed by atoms with van der Waals surface area (Å²) < 4.78 is 0. The Kier molecular flexibility index (Phi) is 8.17. The molecule has 0 aliphatic heterocycles. The highest BCUT2D eigenvalue weighted by atomic mass is 16.2. The summed E-state index contributed by atoms with van der Waals surface area (Å²) in [7, 11) is 0. The number of hydrogen-bond donors (Lipinski definition) is 2. The number of nitrogens with two attached hydrogens (primary N) is 1. The molecule has 0 unspecified atom stereocenters. The molecule has 0 fully saturated rings. The molecule has 0 aromatic heterocycles. The van der Waals surface area contributed by atoms with Gasteiger partial charge in [-0.2, -0.15) is 0 Å². The molecule has 0 spiro atoms. The maximum Gasteiger partial charge on any atom is 0.240 e. The first-order valence-corrected chi connectivity index (χ1v) is 13.4. The highest BCUT2D eigenvalue weighted by Gasteiger charge is 2.40. The van der Waals surface area contributed by atoms with E-state index < -0.39 is 23.3 Å². The summed E-state index contributed by atoms with van der Waals surface area (Å²) in [6.45, 7) is 0. The van der Waals surface area contributed by atoms with Gasteiger partial charge in [0.1, 0.15) is 6.04 Å². The Morgan fingerprint density at radius 2 is 0.875 bits per heavy atom. The molecule has 0 aliphatic carbocycles. The van der Waals surface area contributed by atoms with Crippen molar-refractivity contribution in [2.24, 2.45) is 5.73 Å². The number of carbonyl (C=O) groups excluding carboxylic acids is 2. The van der Waals surface area contributed by atoms with E-state index in [4.69, 9.17) is 5.73 Å². The minimum atomic E-state index is -0.947. The highest BCUT2D eigenvalue weighted by Crippen LogP contribution is 2.42. The molecule has 198 valence electrons. The van der Waals surface area contributed by atoms with Gasteiger partial charge in [-0.15, -0.1) is 0 Å². The van der Waals surface area contributed by atoms with Crippen LogP contribution in [0.5, 0.6) is 0 Å². The molecule has 40 heavy (non-hydrogen) atoms. The number of benzene rings is 5. The summed E-state index contributed by atoms with van der Waals surface area (Å²) in [5.41, 5.74) is 9.98. The molecule has 0 bridgehead atoms. The van der Waals surface area contributed by atoms with Crippen LogP contribution in [0, 0.1) is 0 Å². The van der Waals surface area contributed by atoms with E-state index in [9.17, 15) is 9.59 Å². The van der Waals surface area contributed by atoms with E-state index in [1.54, 1.807) is 0 Å². The van der Waals surface area contributed by atoms with Gasteiger partial charge in [0.2, 0.25) is 11.8 Å². The molecule has 1 atom stereocenters. The zero-order chi connectivity index (χ0) is 27.8. The van der Waals surface area contributed by atoms with Crippen LogP contribution in [0.4, 0.5) is 0 Å². The quantitative estimate of drug-likeness (QED) is 0.213. The molecule has 5 rings (SSSR count). The summed E-state index contributed by atoms with van der Waals surface area (Å²) >= 11 is 0. The van der Waals surface area contributed by atoms with Crippen LogP contribution in [0.1, 0.15) is 40.2 Å². The van der Waals surface area contributed by atoms with E-state index in [0.717, 1.165) is 27.8 Å². The molecular formula is C36H32N2O2. The summed E-state index contributed by atoms with van der Waals surface area (Å²) in [4.78, 5) is 27.1. The van der Waals surface area contributed by atoms with E-state index in [0.29, 0.717) is 0 Å². The standard InChI is InChI=1S/C36H32N2O2/c37-35(40)34(33(27-16-6-1-7-17-27)28-18-8-2-9-19-28)38-32(39)26-36(29-20-10-3-11-21-29,30-22-12-4-13-23-30)31-24-14-5-15-25-31/h1-25,33-34H,26H2,(H2,37,40)(H,38,39)/t34-/m1/s1. The number of nitrogens with one attached hydrogen (secondary N) is 1. The van der Waals surface area contributed by atoms with Crippen LogP contribution in [0.25, 0.3) is 0 Å². The molecule has 0 saturated heterocycles. The average molecular weight is 525 g/mol. The average Bonchev–Trinajstić information content (AvgIpc) is 3.02. The van der Waals surface area contributed by atoms with Gasteiger partial charge in [0.05, 0.1) is 5.41 Å². The van der Waals surface area contributed by atoms with Crippen LogP contribution in [0.3, 0.4) is 0 Å². The lowest BCUT2D eigenvalue weighted by molar-refractivity contribution is -0.128. The monoisotopic (exact) mass is 524 g/mol. The number of hydrogen-bond acceptors (Lipinski definition) is 2. The van der Waals surface area contributed by atoms with Gasteiger partial charge in [0.15, 0.2) is 0 Å². The van der Waals surface area contributed by atoms with Crippen LogP contribution in [0.2, 0.25) is 0 Å². The van der Waals surface area contributed by atoms with Crippen LogP contribution < -0.4 is 11.1 Å². The van der Waals surface area contributed by atoms with E-state index in [2.05, 4.69) is 41.7 Å². The molecule has 4 nitrogen and oxygen atoms in total. The molecule has 5 aromatic rings. The normalized spacial score (nSPS) is 12.0. The van der Waals surface area contributed by atoms with E-state index in [1.807, 2.05) is 115 Å². The maximum absolute atomic E-state index is 14.1. The lowest BCUT2D eigenvalue weighted by atomic mass is 9.67. The largest absolute Gasteiger partial charge is 0.368 e. The third-order valence-corrected chi connectivity index (χ3v) is 7.50. The minimum Gasteiger partial charge on any atom is -0.368 e. The van der Waals surface area contributed by atoms with Crippen molar-refractivity contribution in [1.29, 1.82) is 0 Å². The van der Waals surface area contributed by atoms with Crippen molar-refractivity contribution < 1.29 is 9.59 Å². The first-order valence-electron chi connectivity index (χ1n) is 13.4. The van der Waals surface area contributed by atoms with Crippen LogP contribution in [-0.4, -0.2) is 17.9 Å². The van der Waals surface area contributed by atoms with Gasteiger partial charge >= 0.3 is 0 Å². The molecule has 0 saturated carbocycles. The van der Waals surface area contributed by atoms with Gasteiger partial charge < -0.3 is 11.1 Å². The topological polar surface area (TPSA) is 72.2 Å². The van der Waals surface area contributed by atoms with Crippen molar-refractivity contribution >= 4 is 11.8 Å². The van der Waals surface area contributed by atoms with Gasteiger partial charge in [0, 0.05) is 12.3 Å². The Bertz CT molecular complexity index is 1390. The van der Waals surface area contributed by atoms with Crippen molar-refractivity contribution in [3.8, 4) is 0 Å². The van der Waals surface area contributed by atoms with Gasteiger partial charge in [0.25, 0.3) is 0 Å². The smallest absolute Gasteiger partial charge is 0.240 e. The number of rotatable bonds is 10. The van der Waals surface area contributed by atoms with E-state index in [1.165, 1.54) is 0 Å². The second-order valence-electron chi connectivity index (χ2n) is 9.93. The van der Waals surface area contributed by atoms with Crippen molar-refractivity contribution in [3.63, 3.8) is 0 Å². The minimum absolute atomic E-state index is 0.0884. The predicted molar refractivity (Wildman–Crippen MR) is 160 cm³/mol. The summed E-state index contributed by atoms with van der Waals surface area (Å²) in [5, 5.41) is 3.06. The van der Waals surface area contributed by atoms with Crippen molar-refractivity contribution in [2.75, 3.05) is 0 Å². The van der Waals surface area contributed by atoms with Crippen LogP contribution >= 0.6 is 0 Å². The van der Waals surface area contributed by atoms with Crippen LogP contribution in [0.15, 0.2) is 152 Å². The third-order valence-electron chi connectivity index (χ3n) is 7.50. The fourth-order valence-electron chi connectivity index (χ4n) is 5.66. The Balaban J connectivity index is 1.59.